The highest BCUT2D eigenvalue weighted by molar-refractivity contribution is 9.10. The van der Waals surface area contributed by atoms with Crippen molar-refractivity contribution in [2.45, 2.75) is 18.0 Å². The molecule has 0 radical (unpaired) electrons. The fraction of sp³-hybridized carbons (Fsp3) is 0.105. The van der Waals surface area contributed by atoms with Crippen molar-refractivity contribution < 1.29 is 17.2 Å². The molecule has 0 saturated carbocycles. The summed E-state index contributed by atoms with van der Waals surface area (Å²) in [7, 11) is -4.23. The predicted octanol–water partition coefficient (Wildman–Crippen LogP) is 5.17. The molecule has 3 aromatic rings. The van der Waals surface area contributed by atoms with Crippen molar-refractivity contribution in [3.63, 3.8) is 0 Å². The molecule has 0 saturated heterocycles. The molecule has 28 heavy (non-hydrogen) atoms. The number of sulfonamides is 1. The van der Waals surface area contributed by atoms with E-state index in [1.54, 1.807) is 24.3 Å². The van der Waals surface area contributed by atoms with Gasteiger partial charge < -0.3 is 0 Å². The molecule has 0 amide bonds. The van der Waals surface area contributed by atoms with Crippen LogP contribution in [0.2, 0.25) is 5.02 Å². The van der Waals surface area contributed by atoms with E-state index < -0.39 is 21.7 Å². The summed E-state index contributed by atoms with van der Waals surface area (Å²) < 4.78 is 56.0. The number of aromatic nitrogens is 1. The SMILES string of the molecule is O=S(=O)(c1cc(F)ccc1Cl)N(Cc1ccccn1)Cc1ccc(Br)cc1F. The second kappa shape index (κ2) is 8.65. The van der Waals surface area contributed by atoms with Crippen LogP contribution in [0.4, 0.5) is 8.78 Å². The standard InChI is InChI=1S/C19H14BrClF2N2O2S/c20-14-5-4-13(18(23)9-14)11-25(12-16-3-1-2-8-24-16)28(26,27)19-10-15(22)6-7-17(19)21/h1-10H,11-12H2. The van der Waals surface area contributed by atoms with Crippen molar-refractivity contribution >= 4 is 37.6 Å². The normalized spacial score (nSPS) is 11.8. The molecule has 3 rings (SSSR count). The van der Waals surface area contributed by atoms with Crippen molar-refractivity contribution in [3.05, 3.63) is 93.2 Å². The number of halogens is 4. The lowest BCUT2D eigenvalue weighted by Crippen LogP contribution is -2.31. The first kappa shape index (κ1) is 20.9. The highest BCUT2D eigenvalue weighted by atomic mass is 79.9. The molecule has 1 aromatic heterocycles. The summed E-state index contributed by atoms with van der Waals surface area (Å²) in [5.41, 5.74) is 0.617. The van der Waals surface area contributed by atoms with Gasteiger partial charge in [0.25, 0.3) is 0 Å². The average molecular weight is 488 g/mol. The van der Waals surface area contributed by atoms with Crippen LogP contribution >= 0.6 is 27.5 Å². The Balaban J connectivity index is 2.05. The Hall–Kier alpha value is -1.87. The zero-order valence-corrected chi connectivity index (χ0v) is 17.5. The maximum Gasteiger partial charge on any atom is 0.245 e. The molecule has 0 aliphatic heterocycles. The zero-order valence-electron chi connectivity index (χ0n) is 14.3. The molecule has 0 N–H and O–H groups in total. The van der Waals surface area contributed by atoms with Gasteiger partial charge in [0.15, 0.2) is 0 Å². The lowest BCUT2D eigenvalue weighted by Gasteiger charge is -2.23. The summed E-state index contributed by atoms with van der Waals surface area (Å²) in [6.45, 7) is -0.406. The third-order valence-corrected chi connectivity index (χ3v) is 6.70. The van der Waals surface area contributed by atoms with Crippen LogP contribution in [0.15, 0.2) is 70.2 Å². The minimum absolute atomic E-state index is 0.122. The second-order valence-corrected chi connectivity index (χ2v) is 9.13. The van der Waals surface area contributed by atoms with Gasteiger partial charge in [0, 0.05) is 22.8 Å². The van der Waals surface area contributed by atoms with E-state index in [2.05, 4.69) is 20.9 Å². The minimum atomic E-state index is -4.23. The first-order valence-electron chi connectivity index (χ1n) is 8.06. The molecule has 2 aromatic carbocycles. The van der Waals surface area contributed by atoms with E-state index in [0.29, 0.717) is 10.2 Å². The molecule has 9 heteroatoms. The van der Waals surface area contributed by atoms with E-state index in [4.69, 9.17) is 11.6 Å². The van der Waals surface area contributed by atoms with E-state index in [9.17, 15) is 17.2 Å². The largest absolute Gasteiger partial charge is 0.260 e. The Bertz CT molecular complexity index is 1100. The second-order valence-electron chi connectivity index (χ2n) is 5.90. The van der Waals surface area contributed by atoms with Gasteiger partial charge in [0.1, 0.15) is 16.5 Å². The number of nitrogens with zero attached hydrogens (tertiary/aromatic N) is 2. The van der Waals surface area contributed by atoms with E-state index >= 15 is 0 Å². The van der Waals surface area contributed by atoms with Gasteiger partial charge in [0.2, 0.25) is 10.0 Å². The summed E-state index contributed by atoms with van der Waals surface area (Å²) in [4.78, 5) is 3.74. The van der Waals surface area contributed by atoms with Crippen molar-refractivity contribution in [1.29, 1.82) is 0 Å². The Kier molecular flexibility index (Phi) is 6.44. The molecule has 4 nitrogen and oxygen atoms in total. The maximum absolute atomic E-state index is 14.3. The van der Waals surface area contributed by atoms with Crippen molar-refractivity contribution in [3.8, 4) is 0 Å². The number of pyridine rings is 1. The minimum Gasteiger partial charge on any atom is -0.260 e. The predicted molar refractivity (Wildman–Crippen MR) is 106 cm³/mol. The van der Waals surface area contributed by atoms with Crippen molar-refractivity contribution in [2.24, 2.45) is 0 Å². The van der Waals surface area contributed by atoms with Crippen molar-refractivity contribution in [1.82, 2.24) is 9.29 Å². The van der Waals surface area contributed by atoms with Gasteiger partial charge in [-0.05, 0) is 42.5 Å². The average Bonchev–Trinajstić information content (AvgIpc) is 2.66. The third-order valence-electron chi connectivity index (χ3n) is 3.94. The molecule has 0 bridgehead atoms. The Morgan fingerprint density at radius 2 is 1.82 bits per heavy atom. The number of rotatable bonds is 6. The molecule has 0 aliphatic rings. The van der Waals surface area contributed by atoms with Crippen LogP contribution < -0.4 is 0 Å². The quantitative estimate of drug-likeness (QED) is 0.482. The van der Waals surface area contributed by atoms with Gasteiger partial charge in [-0.1, -0.05) is 39.7 Å². The maximum atomic E-state index is 14.3. The van der Waals surface area contributed by atoms with Crippen LogP contribution in [-0.4, -0.2) is 17.7 Å². The summed E-state index contributed by atoms with van der Waals surface area (Å²) in [6.07, 6.45) is 1.52. The first-order valence-corrected chi connectivity index (χ1v) is 10.7. The van der Waals surface area contributed by atoms with Crippen LogP contribution in [0.5, 0.6) is 0 Å². The fourth-order valence-electron chi connectivity index (χ4n) is 2.55. The summed E-state index contributed by atoms with van der Waals surface area (Å²) in [5.74, 6) is -1.31. The fourth-order valence-corrected chi connectivity index (χ4v) is 4.76. The van der Waals surface area contributed by atoms with Gasteiger partial charge in [0.05, 0.1) is 17.3 Å². The van der Waals surface area contributed by atoms with Gasteiger partial charge >= 0.3 is 0 Å². The Morgan fingerprint density at radius 1 is 1.04 bits per heavy atom. The van der Waals surface area contributed by atoms with Crippen LogP contribution in [0.3, 0.4) is 0 Å². The molecule has 0 unspecified atom stereocenters. The monoisotopic (exact) mass is 486 g/mol. The molecule has 146 valence electrons. The first-order chi connectivity index (χ1) is 13.3. The van der Waals surface area contributed by atoms with E-state index in [0.717, 1.165) is 16.4 Å². The topological polar surface area (TPSA) is 50.3 Å². The molecular formula is C19H14BrClF2N2O2S. The highest BCUT2D eigenvalue weighted by Gasteiger charge is 2.29. The summed E-state index contributed by atoms with van der Waals surface area (Å²) in [5, 5.41) is -0.122. The lowest BCUT2D eigenvalue weighted by molar-refractivity contribution is 0.389. The smallest absolute Gasteiger partial charge is 0.245 e. The van der Waals surface area contributed by atoms with Crippen LogP contribution in [-0.2, 0) is 23.1 Å². The number of benzene rings is 2. The van der Waals surface area contributed by atoms with Gasteiger partial charge in [-0.15, -0.1) is 0 Å². The molecule has 0 aliphatic carbocycles. The van der Waals surface area contributed by atoms with Crippen LogP contribution in [0, 0.1) is 11.6 Å². The van der Waals surface area contributed by atoms with Gasteiger partial charge in [-0.3, -0.25) is 4.98 Å². The van der Waals surface area contributed by atoms with Gasteiger partial charge in [-0.2, -0.15) is 4.31 Å². The highest BCUT2D eigenvalue weighted by Crippen LogP contribution is 2.28. The van der Waals surface area contributed by atoms with E-state index in [1.807, 2.05) is 0 Å². The summed E-state index contributed by atoms with van der Waals surface area (Å²) in [6, 6.07) is 12.5. The zero-order chi connectivity index (χ0) is 20.3. The Morgan fingerprint density at radius 3 is 2.50 bits per heavy atom. The molecule has 0 spiro atoms. The summed E-state index contributed by atoms with van der Waals surface area (Å²) >= 11 is 9.18. The lowest BCUT2D eigenvalue weighted by atomic mass is 10.2. The van der Waals surface area contributed by atoms with Crippen LogP contribution in [0.1, 0.15) is 11.3 Å². The molecule has 1 heterocycles. The molecule has 0 fully saturated rings. The van der Waals surface area contributed by atoms with E-state index in [-0.39, 0.29) is 28.6 Å². The van der Waals surface area contributed by atoms with Crippen LogP contribution in [0.25, 0.3) is 0 Å². The molecule has 0 atom stereocenters. The van der Waals surface area contributed by atoms with Gasteiger partial charge in [-0.25, -0.2) is 17.2 Å². The van der Waals surface area contributed by atoms with E-state index in [1.165, 1.54) is 24.4 Å². The molecular weight excluding hydrogens is 474 g/mol. The van der Waals surface area contributed by atoms with Crippen molar-refractivity contribution in [2.75, 3.05) is 0 Å². The third kappa shape index (κ3) is 4.75. The number of hydrogen-bond donors (Lipinski definition) is 0. The number of hydrogen-bond acceptors (Lipinski definition) is 3. The Labute approximate surface area is 175 Å².